The Morgan fingerprint density at radius 2 is 2.06 bits per heavy atom. The van der Waals surface area contributed by atoms with E-state index in [1.165, 1.54) is 12.1 Å². The Balaban J connectivity index is 2.36. The maximum absolute atomic E-state index is 11.8. The fourth-order valence-electron chi connectivity index (χ4n) is 0.972. The molecule has 1 amide bonds. The number of carbonyl (C=O) groups is 2. The minimum atomic E-state index is -4.43. The third-order valence-electron chi connectivity index (χ3n) is 1.70. The van der Waals surface area contributed by atoms with E-state index in [1.807, 2.05) is 0 Å². The predicted octanol–water partition coefficient (Wildman–Crippen LogP) is 2.32. The zero-order valence-electron chi connectivity index (χ0n) is 8.78. The second kappa shape index (κ2) is 6.10. The van der Waals surface area contributed by atoms with Crippen LogP contribution in [0.25, 0.3) is 0 Å². The minimum absolute atomic E-state index is 0.0230. The Morgan fingerprint density at radius 1 is 1.39 bits per heavy atom. The molecule has 1 heterocycles. The molecule has 0 spiro atoms. The first-order valence-corrected chi connectivity index (χ1v) is 6.37. The number of hydrogen-bond donors (Lipinski definition) is 2. The van der Waals surface area contributed by atoms with E-state index in [0.717, 1.165) is 11.3 Å². The number of carboxylic acid groups (broad SMARTS) is 1. The fourth-order valence-corrected chi connectivity index (χ4v) is 2.16. The molecule has 18 heavy (non-hydrogen) atoms. The number of rotatable bonds is 5. The van der Waals surface area contributed by atoms with Gasteiger partial charge in [0.2, 0.25) is 5.91 Å². The van der Waals surface area contributed by atoms with Gasteiger partial charge in [0.1, 0.15) is 4.88 Å². The SMILES string of the molecule is O=C(CSC(F)(F)F)NCc1ccc(C(=O)O)s1. The van der Waals surface area contributed by atoms with Crippen molar-refractivity contribution in [1.29, 1.82) is 0 Å². The quantitative estimate of drug-likeness (QED) is 0.875. The van der Waals surface area contributed by atoms with Gasteiger partial charge < -0.3 is 10.4 Å². The van der Waals surface area contributed by atoms with Crippen molar-refractivity contribution >= 4 is 35.0 Å². The number of carbonyl (C=O) groups excluding carboxylic acids is 1. The monoisotopic (exact) mass is 299 g/mol. The Morgan fingerprint density at radius 3 is 2.56 bits per heavy atom. The third-order valence-corrected chi connectivity index (χ3v) is 3.51. The van der Waals surface area contributed by atoms with E-state index in [0.29, 0.717) is 4.88 Å². The molecule has 100 valence electrons. The maximum Gasteiger partial charge on any atom is 0.442 e. The van der Waals surface area contributed by atoms with Crippen LogP contribution in [0.2, 0.25) is 0 Å². The lowest BCUT2D eigenvalue weighted by atomic mass is 10.4. The van der Waals surface area contributed by atoms with E-state index in [2.05, 4.69) is 5.32 Å². The summed E-state index contributed by atoms with van der Waals surface area (Å²) in [5, 5.41) is 10.9. The van der Waals surface area contributed by atoms with Crippen LogP contribution in [0.4, 0.5) is 13.2 Å². The molecule has 2 N–H and O–H groups in total. The Labute approximate surface area is 108 Å². The summed E-state index contributed by atoms with van der Waals surface area (Å²) in [7, 11) is 0. The summed E-state index contributed by atoms with van der Waals surface area (Å²) in [4.78, 5) is 22.3. The molecule has 0 aliphatic carbocycles. The molecule has 0 aliphatic heterocycles. The topological polar surface area (TPSA) is 66.4 Å². The van der Waals surface area contributed by atoms with Gasteiger partial charge in [-0.25, -0.2) is 4.79 Å². The standard InChI is InChI=1S/C9H8F3NO3S2/c10-9(11,12)17-4-7(14)13-3-5-1-2-6(18-5)8(15)16/h1-2H,3-4H2,(H,13,14)(H,15,16). The molecule has 0 aliphatic rings. The van der Waals surface area contributed by atoms with Gasteiger partial charge in [-0.3, -0.25) is 4.79 Å². The van der Waals surface area contributed by atoms with E-state index in [-0.39, 0.29) is 11.4 Å². The molecule has 0 radical (unpaired) electrons. The van der Waals surface area contributed by atoms with Crippen LogP contribution >= 0.6 is 23.1 Å². The summed E-state index contributed by atoms with van der Waals surface area (Å²) < 4.78 is 35.4. The average Bonchev–Trinajstić information content (AvgIpc) is 2.71. The number of aromatic carboxylic acids is 1. The van der Waals surface area contributed by atoms with Gasteiger partial charge >= 0.3 is 11.5 Å². The second-order valence-corrected chi connectivity index (χ2v) is 5.29. The van der Waals surface area contributed by atoms with Crippen LogP contribution < -0.4 is 5.32 Å². The number of amides is 1. The van der Waals surface area contributed by atoms with Gasteiger partial charge in [-0.15, -0.1) is 11.3 Å². The molecule has 1 aromatic heterocycles. The molecule has 0 saturated carbocycles. The zero-order valence-corrected chi connectivity index (χ0v) is 10.4. The largest absolute Gasteiger partial charge is 0.477 e. The zero-order chi connectivity index (χ0) is 13.8. The van der Waals surface area contributed by atoms with Crippen LogP contribution in [0.3, 0.4) is 0 Å². The van der Waals surface area contributed by atoms with Gasteiger partial charge in [-0.1, -0.05) is 0 Å². The minimum Gasteiger partial charge on any atom is -0.477 e. The Kier molecular flexibility index (Phi) is 5.03. The highest BCUT2D eigenvalue weighted by Gasteiger charge is 2.29. The highest BCUT2D eigenvalue weighted by atomic mass is 32.2. The number of alkyl halides is 3. The normalized spacial score (nSPS) is 11.3. The molecule has 0 fully saturated rings. The number of thioether (sulfide) groups is 1. The van der Waals surface area contributed by atoms with Crippen molar-refractivity contribution in [2.75, 3.05) is 5.75 Å². The second-order valence-electron chi connectivity index (χ2n) is 3.08. The summed E-state index contributed by atoms with van der Waals surface area (Å²) >= 11 is 0.547. The summed E-state index contributed by atoms with van der Waals surface area (Å²) in [6.07, 6.45) is 0. The average molecular weight is 299 g/mol. The van der Waals surface area contributed by atoms with E-state index < -0.39 is 34.9 Å². The maximum atomic E-state index is 11.8. The Hall–Kier alpha value is -1.22. The molecule has 0 saturated heterocycles. The Bertz CT molecular complexity index is 445. The van der Waals surface area contributed by atoms with E-state index in [9.17, 15) is 22.8 Å². The van der Waals surface area contributed by atoms with Crippen LogP contribution in [-0.2, 0) is 11.3 Å². The molecule has 1 rings (SSSR count). The van der Waals surface area contributed by atoms with E-state index in [4.69, 9.17) is 5.11 Å². The molecule has 0 bridgehead atoms. The lowest BCUT2D eigenvalue weighted by Crippen LogP contribution is -2.25. The molecule has 1 aromatic rings. The lowest BCUT2D eigenvalue weighted by molar-refractivity contribution is -0.118. The van der Waals surface area contributed by atoms with Gasteiger partial charge in [0.05, 0.1) is 12.3 Å². The first kappa shape index (κ1) is 14.8. The lowest BCUT2D eigenvalue weighted by Gasteiger charge is -2.05. The van der Waals surface area contributed by atoms with Crippen molar-refractivity contribution in [3.8, 4) is 0 Å². The first-order chi connectivity index (χ1) is 8.28. The van der Waals surface area contributed by atoms with Crippen LogP contribution in [0.15, 0.2) is 12.1 Å². The van der Waals surface area contributed by atoms with Crippen molar-refractivity contribution in [3.63, 3.8) is 0 Å². The van der Waals surface area contributed by atoms with E-state index in [1.54, 1.807) is 0 Å². The summed E-state index contributed by atoms with van der Waals surface area (Å²) in [6, 6.07) is 2.88. The van der Waals surface area contributed by atoms with Crippen molar-refractivity contribution in [1.82, 2.24) is 5.32 Å². The van der Waals surface area contributed by atoms with Crippen LogP contribution in [-0.4, -0.2) is 28.2 Å². The highest BCUT2D eigenvalue weighted by Crippen LogP contribution is 2.29. The van der Waals surface area contributed by atoms with Gasteiger partial charge in [0.25, 0.3) is 0 Å². The predicted molar refractivity (Wildman–Crippen MR) is 61.6 cm³/mol. The van der Waals surface area contributed by atoms with Gasteiger partial charge in [0, 0.05) is 4.88 Å². The van der Waals surface area contributed by atoms with Crippen LogP contribution in [0, 0.1) is 0 Å². The van der Waals surface area contributed by atoms with E-state index >= 15 is 0 Å². The number of carboxylic acids is 1. The molecular formula is C9H8F3NO3S2. The van der Waals surface area contributed by atoms with Gasteiger partial charge in [-0.05, 0) is 23.9 Å². The van der Waals surface area contributed by atoms with Crippen LogP contribution in [0.1, 0.15) is 14.5 Å². The molecule has 0 aromatic carbocycles. The summed E-state index contributed by atoms with van der Waals surface area (Å²) in [5.41, 5.74) is -4.43. The van der Waals surface area contributed by atoms with Crippen molar-refractivity contribution in [3.05, 3.63) is 21.9 Å². The number of halogens is 3. The third kappa shape index (κ3) is 5.41. The first-order valence-electron chi connectivity index (χ1n) is 4.57. The smallest absolute Gasteiger partial charge is 0.442 e. The fraction of sp³-hybridized carbons (Fsp3) is 0.333. The van der Waals surface area contributed by atoms with Crippen LogP contribution in [0.5, 0.6) is 0 Å². The number of thiophene rings is 1. The molecular weight excluding hydrogens is 291 g/mol. The van der Waals surface area contributed by atoms with Gasteiger partial charge in [-0.2, -0.15) is 13.2 Å². The number of hydrogen-bond acceptors (Lipinski definition) is 4. The molecule has 9 heteroatoms. The van der Waals surface area contributed by atoms with Gasteiger partial charge in [0.15, 0.2) is 0 Å². The number of nitrogens with one attached hydrogen (secondary N) is 1. The molecule has 4 nitrogen and oxygen atoms in total. The summed E-state index contributed by atoms with van der Waals surface area (Å²) in [6.45, 7) is 0.0230. The molecule has 0 unspecified atom stereocenters. The highest BCUT2D eigenvalue weighted by molar-refractivity contribution is 8.00. The van der Waals surface area contributed by atoms with Crippen molar-refractivity contribution in [2.24, 2.45) is 0 Å². The van der Waals surface area contributed by atoms with Crippen molar-refractivity contribution in [2.45, 2.75) is 12.1 Å². The van der Waals surface area contributed by atoms with Crippen molar-refractivity contribution < 1.29 is 27.9 Å². The summed E-state index contributed by atoms with van der Waals surface area (Å²) in [5.74, 6) is -2.53. The molecule has 0 atom stereocenters.